The van der Waals surface area contributed by atoms with E-state index in [4.69, 9.17) is 52.1 Å². The summed E-state index contributed by atoms with van der Waals surface area (Å²) in [6.07, 6.45) is -13.7. The van der Waals surface area contributed by atoms with Gasteiger partial charge in [0.15, 0.2) is 36.0 Å². The number of ether oxygens (including phenoxy) is 11. The van der Waals surface area contributed by atoms with Crippen LogP contribution in [0.15, 0.2) is 54.6 Å². The van der Waals surface area contributed by atoms with Crippen LogP contribution >= 0.6 is 11.8 Å². The highest BCUT2D eigenvalue weighted by atomic mass is 32.2. The summed E-state index contributed by atoms with van der Waals surface area (Å²) in [6.45, 7) is 5.94. The third-order valence-corrected chi connectivity index (χ3v) is 9.11. The Kier molecular flexibility index (Phi) is 13.7. The zero-order valence-electron chi connectivity index (χ0n) is 29.9. The lowest BCUT2D eigenvalue weighted by atomic mass is 9.95. The molecule has 3 aliphatic heterocycles. The topological polar surface area (TPSA) is 187 Å². The number of carbonyl (C=O) groups is 5. The van der Waals surface area contributed by atoms with E-state index < -0.39 is 91.6 Å². The second kappa shape index (κ2) is 18.2. The molecule has 2 aromatic carbocycles. The van der Waals surface area contributed by atoms with Gasteiger partial charge in [-0.25, -0.2) is 0 Å². The summed E-state index contributed by atoms with van der Waals surface area (Å²) in [6, 6.07) is 15.5. The van der Waals surface area contributed by atoms with E-state index in [1.165, 1.54) is 21.0 Å². The molecule has 0 unspecified atom stereocenters. The fourth-order valence-corrected chi connectivity index (χ4v) is 6.80. The molecule has 3 fully saturated rings. The average Bonchev–Trinajstić information content (AvgIpc) is 3.11. The zero-order valence-corrected chi connectivity index (χ0v) is 30.7. The minimum absolute atomic E-state index is 0.0532. The molecule has 3 aliphatic rings. The molecule has 288 valence electrons. The number of thioether (sulfide) groups is 1. The number of methoxy groups -OCH3 is 1. The number of carbonyl (C=O) groups excluding carboxylic acids is 5. The van der Waals surface area contributed by atoms with E-state index in [9.17, 15) is 24.0 Å². The molecule has 0 amide bonds. The van der Waals surface area contributed by atoms with Crippen molar-refractivity contribution in [1.29, 1.82) is 0 Å². The SMILES string of the molecule is COc1ccc(O[C@@H]2O[C@H](CSC(C)=O)[C@@H](O[C@@H]3O[C@@H]4CO[C@@H](c5ccccc5)O[C@H]4[C@H](OC(C)=O)[C@H]3OC(C)=O)[C@H](OC(C)=O)[C@H]2OC(C)=O)cc1. The molecule has 11 atom stereocenters. The molecular weight excluding hydrogens is 720 g/mol. The van der Waals surface area contributed by atoms with Gasteiger partial charge in [-0.05, 0) is 24.3 Å². The summed E-state index contributed by atoms with van der Waals surface area (Å²) in [5, 5.41) is -0.264. The van der Waals surface area contributed by atoms with E-state index in [0.29, 0.717) is 17.1 Å². The van der Waals surface area contributed by atoms with Gasteiger partial charge in [0.25, 0.3) is 0 Å². The van der Waals surface area contributed by atoms with Crippen LogP contribution in [0.4, 0.5) is 0 Å². The monoisotopic (exact) mass is 762 g/mol. The number of benzene rings is 2. The Balaban J connectivity index is 1.51. The highest BCUT2D eigenvalue weighted by Crippen LogP contribution is 2.39. The largest absolute Gasteiger partial charge is 0.497 e. The van der Waals surface area contributed by atoms with Gasteiger partial charge in [0.1, 0.15) is 35.9 Å². The lowest BCUT2D eigenvalue weighted by Crippen LogP contribution is -2.68. The predicted octanol–water partition coefficient (Wildman–Crippen LogP) is 3.03. The molecule has 0 bridgehead atoms. The normalized spacial score (nSPS) is 30.9. The number of hydrogen-bond acceptors (Lipinski definition) is 17. The van der Waals surface area contributed by atoms with Gasteiger partial charge in [-0.1, -0.05) is 42.1 Å². The van der Waals surface area contributed by atoms with E-state index in [1.54, 1.807) is 36.4 Å². The van der Waals surface area contributed by atoms with Crippen LogP contribution in [0.3, 0.4) is 0 Å². The Morgan fingerprint density at radius 2 is 1.23 bits per heavy atom. The molecule has 0 N–H and O–H groups in total. The van der Waals surface area contributed by atoms with Crippen molar-refractivity contribution in [1.82, 2.24) is 0 Å². The zero-order chi connectivity index (χ0) is 38.2. The smallest absolute Gasteiger partial charge is 0.303 e. The summed E-state index contributed by atoms with van der Waals surface area (Å²) >= 11 is 0.890. The van der Waals surface area contributed by atoms with E-state index in [0.717, 1.165) is 32.5 Å². The van der Waals surface area contributed by atoms with Gasteiger partial charge in [0.2, 0.25) is 12.4 Å². The van der Waals surface area contributed by atoms with Crippen molar-refractivity contribution in [2.24, 2.45) is 0 Å². The fraction of sp³-hybridized carbons (Fsp3) is 0.528. The van der Waals surface area contributed by atoms with Gasteiger partial charge >= 0.3 is 23.9 Å². The van der Waals surface area contributed by atoms with E-state index >= 15 is 0 Å². The minimum atomic E-state index is -1.53. The molecular formula is C36H42O16S. The summed E-state index contributed by atoms with van der Waals surface area (Å²) < 4.78 is 65.6. The number of rotatable bonds is 12. The average molecular weight is 763 g/mol. The molecule has 3 heterocycles. The molecule has 0 radical (unpaired) electrons. The van der Waals surface area contributed by atoms with Crippen molar-refractivity contribution in [3.05, 3.63) is 60.2 Å². The van der Waals surface area contributed by atoms with Crippen LogP contribution in [-0.2, 0) is 66.6 Å². The summed E-state index contributed by atoms with van der Waals surface area (Å²) in [7, 11) is 1.50. The minimum Gasteiger partial charge on any atom is -0.497 e. The van der Waals surface area contributed by atoms with E-state index in [2.05, 4.69) is 0 Å². The molecule has 17 heteroatoms. The van der Waals surface area contributed by atoms with Crippen molar-refractivity contribution in [3.8, 4) is 11.5 Å². The second-order valence-electron chi connectivity index (χ2n) is 12.3. The fourth-order valence-electron chi connectivity index (χ4n) is 6.14. The van der Waals surface area contributed by atoms with Crippen LogP contribution in [0, 0.1) is 0 Å². The van der Waals surface area contributed by atoms with Crippen molar-refractivity contribution < 1.29 is 76.1 Å². The highest BCUT2D eigenvalue weighted by molar-refractivity contribution is 8.13. The standard InChI is InChI=1S/C36H42O16S/c1-18(37)44-30-28-26(16-43-34(51-28)23-10-8-7-9-11-23)49-36(33(30)47-21(4)40)52-29-27(17-53-22(5)41)50-35(48-25-14-12-24(42-6)13-15-25)32(46-20(3)39)31(29)45-19(2)38/h7-15,26-36H,16-17H2,1-6H3/t26-,27-,28-,29-,30+,31+,32-,33-,34-,35-,36+/m1/s1. The van der Waals surface area contributed by atoms with E-state index in [-0.39, 0.29) is 17.5 Å². The van der Waals surface area contributed by atoms with Crippen molar-refractivity contribution in [2.75, 3.05) is 19.5 Å². The van der Waals surface area contributed by atoms with Crippen molar-refractivity contribution in [2.45, 2.75) is 102 Å². The van der Waals surface area contributed by atoms with Gasteiger partial charge in [-0.2, -0.15) is 0 Å². The van der Waals surface area contributed by atoms with Crippen LogP contribution in [0.1, 0.15) is 46.5 Å². The number of fused-ring (bicyclic) bond motifs is 1. The maximum absolute atomic E-state index is 12.6. The summed E-state index contributed by atoms with van der Waals surface area (Å²) in [5.41, 5.74) is 0.687. The Bertz CT molecular complexity index is 1590. The number of esters is 4. The van der Waals surface area contributed by atoms with Gasteiger partial charge in [0, 0.05) is 45.9 Å². The van der Waals surface area contributed by atoms with Crippen LogP contribution < -0.4 is 9.47 Å². The molecule has 0 saturated carbocycles. The van der Waals surface area contributed by atoms with Gasteiger partial charge < -0.3 is 52.1 Å². The summed E-state index contributed by atoms with van der Waals surface area (Å²) in [4.78, 5) is 62.4. The first-order valence-corrected chi connectivity index (χ1v) is 17.7. The van der Waals surface area contributed by atoms with Gasteiger partial charge in [-0.15, -0.1) is 0 Å². The summed E-state index contributed by atoms with van der Waals surface area (Å²) in [5.74, 6) is -2.22. The van der Waals surface area contributed by atoms with Gasteiger partial charge in [-0.3, -0.25) is 24.0 Å². The maximum Gasteiger partial charge on any atom is 0.303 e. The maximum atomic E-state index is 12.6. The highest BCUT2D eigenvalue weighted by Gasteiger charge is 2.58. The van der Waals surface area contributed by atoms with Crippen LogP contribution in [0.2, 0.25) is 0 Å². The molecule has 2 aromatic rings. The quantitative estimate of drug-likeness (QED) is 0.227. The third-order valence-electron chi connectivity index (χ3n) is 8.21. The molecule has 0 aromatic heterocycles. The van der Waals surface area contributed by atoms with Crippen molar-refractivity contribution >= 4 is 40.8 Å². The molecule has 5 rings (SSSR count). The first-order chi connectivity index (χ1) is 25.3. The van der Waals surface area contributed by atoms with Crippen LogP contribution in [0.25, 0.3) is 0 Å². The van der Waals surface area contributed by atoms with E-state index in [1.807, 2.05) is 18.2 Å². The lowest BCUT2D eigenvalue weighted by molar-refractivity contribution is -0.381. The third kappa shape index (κ3) is 10.5. The molecule has 3 saturated heterocycles. The predicted molar refractivity (Wildman–Crippen MR) is 181 cm³/mol. The Hall–Kier alpha value is -4.26. The van der Waals surface area contributed by atoms with Gasteiger partial charge in [0.05, 0.1) is 13.7 Å². The number of hydrogen-bond donors (Lipinski definition) is 0. The Morgan fingerprint density at radius 1 is 0.660 bits per heavy atom. The van der Waals surface area contributed by atoms with Crippen LogP contribution in [-0.4, -0.2) is 110 Å². The molecule has 16 nitrogen and oxygen atoms in total. The van der Waals surface area contributed by atoms with Crippen LogP contribution in [0.5, 0.6) is 11.5 Å². The Labute approximate surface area is 309 Å². The van der Waals surface area contributed by atoms with Crippen molar-refractivity contribution in [3.63, 3.8) is 0 Å². The first-order valence-electron chi connectivity index (χ1n) is 16.7. The molecule has 53 heavy (non-hydrogen) atoms. The Morgan fingerprint density at radius 3 is 1.81 bits per heavy atom. The second-order valence-corrected chi connectivity index (χ2v) is 13.5. The molecule has 0 spiro atoms. The lowest BCUT2D eigenvalue weighted by Gasteiger charge is -2.50. The molecule has 0 aliphatic carbocycles. The first kappa shape index (κ1) is 39.9.